The Morgan fingerprint density at radius 1 is 1.27 bits per heavy atom. The Morgan fingerprint density at radius 2 is 1.86 bits per heavy atom. The molecule has 22 heavy (non-hydrogen) atoms. The number of amides is 1. The van der Waals surface area contributed by atoms with Gasteiger partial charge in [0.15, 0.2) is 0 Å². The number of carboxylic acids is 1. The van der Waals surface area contributed by atoms with Gasteiger partial charge in [0.25, 0.3) is 0 Å². The van der Waals surface area contributed by atoms with Crippen molar-refractivity contribution in [2.24, 2.45) is 5.92 Å². The van der Waals surface area contributed by atoms with Gasteiger partial charge in [-0.1, -0.05) is 15.9 Å². The number of carbonyl (C=O) groups is 2. The lowest BCUT2D eigenvalue weighted by Crippen LogP contribution is -2.40. The van der Waals surface area contributed by atoms with E-state index in [1.165, 1.54) is 0 Å². The smallest absolute Gasteiger partial charge is 0.308 e. The fourth-order valence-electron chi connectivity index (χ4n) is 1.73. The van der Waals surface area contributed by atoms with Crippen LogP contribution in [0.5, 0.6) is 0 Å². The molecule has 3 atom stereocenters. The van der Waals surface area contributed by atoms with E-state index in [2.05, 4.69) is 21.2 Å². The van der Waals surface area contributed by atoms with Crippen LogP contribution in [0.3, 0.4) is 0 Å². The highest BCUT2D eigenvalue weighted by Crippen LogP contribution is 2.14. The third-order valence-corrected chi connectivity index (χ3v) is 5.32. The zero-order valence-corrected chi connectivity index (χ0v) is 14.9. The van der Waals surface area contributed by atoms with Gasteiger partial charge in [0.2, 0.25) is 5.91 Å². The van der Waals surface area contributed by atoms with Gasteiger partial charge in [-0.3, -0.25) is 13.8 Å². The van der Waals surface area contributed by atoms with Crippen molar-refractivity contribution in [1.29, 1.82) is 0 Å². The highest BCUT2D eigenvalue weighted by atomic mass is 79.9. The quantitative estimate of drug-likeness (QED) is 0.715. The van der Waals surface area contributed by atoms with Crippen molar-refractivity contribution >= 4 is 38.6 Å². The topological polar surface area (TPSA) is 83.5 Å². The first-order valence-electron chi connectivity index (χ1n) is 6.97. The Bertz CT molecular complexity index is 547. The van der Waals surface area contributed by atoms with Crippen LogP contribution in [0.1, 0.15) is 26.7 Å². The SMILES string of the molecule is CC(NC(=O)CCCS(=O)c1ccc(Br)cc1)C(C)C(=O)O. The zero-order chi connectivity index (χ0) is 16.7. The van der Waals surface area contributed by atoms with Crippen molar-refractivity contribution in [3.63, 3.8) is 0 Å². The van der Waals surface area contributed by atoms with Crippen molar-refractivity contribution in [3.8, 4) is 0 Å². The summed E-state index contributed by atoms with van der Waals surface area (Å²) in [6.07, 6.45) is 0.724. The lowest BCUT2D eigenvalue weighted by atomic mass is 10.0. The second kappa shape index (κ2) is 9.05. The normalized spacial score (nSPS) is 14.9. The lowest BCUT2D eigenvalue weighted by molar-refractivity contribution is -0.142. The Balaban J connectivity index is 2.34. The fourth-order valence-corrected chi connectivity index (χ4v) is 3.08. The third kappa shape index (κ3) is 6.27. The maximum Gasteiger partial charge on any atom is 0.308 e. The van der Waals surface area contributed by atoms with Crippen molar-refractivity contribution in [1.82, 2.24) is 5.32 Å². The largest absolute Gasteiger partial charge is 0.481 e. The molecule has 0 spiro atoms. The molecule has 1 aromatic carbocycles. The highest BCUT2D eigenvalue weighted by molar-refractivity contribution is 9.10. The van der Waals surface area contributed by atoms with Crippen LogP contribution in [0.25, 0.3) is 0 Å². The van der Waals surface area contributed by atoms with Gasteiger partial charge in [-0.15, -0.1) is 0 Å². The molecule has 0 aliphatic rings. The molecule has 0 aliphatic carbocycles. The van der Waals surface area contributed by atoms with Gasteiger partial charge in [-0.2, -0.15) is 0 Å². The Kier molecular flexibility index (Phi) is 7.75. The van der Waals surface area contributed by atoms with E-state index < -0.39 is 28.7 Å². The van der Waals surface area contributed by atoms with Crippen molar-refractivity contribution < 1.29 is 18.9 Å². The molecule has 0 fully saturated rings. The van der Waals surface area contributed by atoms with Crippen LogP contribution in [-0.2, 0) is 20.4 Å². The molecule has 1 amide bonds. The standard InChI is InChI=1S/C15H20BrNO4S/c1-10(15(19)20)11(2)17-14(18)4-3-9-22(21)13-7-5-12(16)6-8-13/h5-8,10-11H,3-4,9H2,1-2H3,(H,17,18)(H,19,20). The van der Waals surface area contributed by atoms with E-state index in [9.17, 15) is 13.8 Å². The van der Waals surface area contributed by atoms with Crippen LogP contribution in [0.4, 0.5) is 0 Å². The number of nitrogens with one attached hydrogen (secondary N) is 1. The summed E-state index contributed by atoms with van der Waals surface area (Å²) in [5.41, 5.74) is 0. The number of halogens is 1. The van der Waals surface area contributed by atoms with Gasteiger partial charge in [0, 0.05) is 27.6 Å². The molecular formula is C15H20BrNO4S. The van der Waals surface area contributed by atoms with Gasteiger partial charge in [0.05, 0.1) is 16.7 Å². The van der Waals surface area contributed by atoms with Crippen LogP contribution in [0.2, 0.25) is 0 Å². The van der Waals surface area contributed by atoms with Crippen LogP contribution in [-0.4, -0.2) is 33.0 Å². The minimum atomic E-state index is -1.13. The second-order valence-electron chi connectivity index (χ2n) is 5.09. The highest BCUT2D eigenvalue weighted by Gasteiger charge is 2.20. The summed E-state index contributed by atoms with van der Waals surface area (Å²) in [5.74, 6) is -1.39. The molecule has 0 heterocycles. The zero-order valence-electron chi connectivity index (χ0n) is 12.5. The third-order valence-electron chi connectivity index (χ3n) is 3.34. The molecule has 122 valence electrons. The maximum absolute atomic E-state index is 12.0. The number of hydrogen-bond acceptors (Lipinski definition) is 3. The van der Waals surface area contributed by atoms with E-state index in [0.29, 0.717) is 12.2 Å². The molecule has 0 aliphatic heterocycles. The molecule has 5 nitrogen and oxygen atoms in total. The summed E-state index contributed by atoms with van der Waals surface area (Å²) in [7, 11) is -1.13. The Labute approximate surface area is 141 Å². The molecule has 1 aromatic rings. The van der Waals surface area contributed by atoms with E-state index in [1.54, 1.807) is 26.0 Å². The number of rotatable bonds is 8. The molecular weight excluding hydrogens is 370 g/mol. The average molecular weight is 390 g/mol. The van der Waals surface area contributed by atoms with Crippen molar-refractivity contribution in [3.05, 3.63) is 28.7 Å². The summed E-state index contributed by atoms with van der Waals surface area (Å²) in [6, 6.07) is 6.80. The van der Waals surface area contributed by atoms with Crippen LogP contribution < -0.4 is 5.32 Å². The maximum atomic E-state index is 12.0. The molecule has 0 saturated carbocycles. The van der Waals surface area contributed by atoms with Gasteiger partial charge in [-0.05, 0) is 44.5 Å². The number of carboxylic acid groups (broad SMARTS) is 1. The molecule has 7 heteroatoms. The number of aliphatic carboxylic acids is 1. The van der Waals surface area contributed by atoms with E-state index in [0.717, 1.165) is 9.37 Å². The first-order valence-corrected chi connectivity index (χ1v) is 9.08. The van der Waals surface area contributed by atoms with Crippen molar-refractivity contribution in [2.75, 3.05) is 5.75 Å². The molecule has 0 aromatic heterocycles. The second-order valence-corrected chi connectivity index (χ2v) is 7.58. The minimum absolute atomic E-state index is 0.214. The van der Waals surface area contributed by atoms with Crippen LogP contribution in [0, 0.1) is 5.92 Å². The summed E-state index contributed by atoms with van der Waals surface area (Å²) < 4.78 is 13.0. The summed E-state index contributed by atoms with van der Waals surface area (Å²) >= 11 is 3.32. The number of hydrogen-bond donors (Lipinski definition) is 2. The summed E-state index contributed by atoms with van der Waals surface area (Å²) in [5, 5.41) is 11.5. The van der Waals surface area contributed by atoms with E-state index >= 15 is 0 Å². The monoisotopic (exact) mass is 389 g/mol. The Morgan fingerprint density at radius 3 is 2.41 bits per heavy atom. The first-order chi connectivity index (χ1) is 10.3. The molecule has 0 bridgehead atoms. The van der Waals surface area contributed by atoms with Gasteiger partial charge >= 0.3 is 5.97 Å². The van der Waals surface area contributed by atoms with Crippen molar-refractivity contribution in [2.45, 2.75) is 37.6 Å². The average Bonchev–Trinajstić information content (AvgIpc) is 2.46. The molecule has 2 N–H and O–H groups in total. The van der Waals surface area contributed by atoms with E-state index in [-0.39, 0.29) is 12.3 Å². The minimum Gasteiger partial charge on any atom is -0.481 e. The molecule has 0 radical (unpaired) electrons. The van der Waals surface area contributed by atoms with E-state index in [4.69, 9.17) is 5.11 Å². The fraction of sp³-hybridized carbons (Fsp3) is 0.467. The number of benzene rings is 1. The Hall–Kier alpha value is -1.21. The summed E-state index contributed by atoms with van der Waals surface area (Å²) in [4.78, 5) is 23.3. The van der Waals surface area contributed by atoms with Crippen LogP contribution >= 0.6 is 15.9 Å². The van der Waals surface area contributed by atoms with E-state index in [1.807, 2.05) is 12.1 Å². The molecule has 1 rings (SSSR count). The summed E-state index contributed by atoms with van der Waals surface area (Å²) in [6.45, 7) is 3.21. The lowest BCUT2D eigenvalue weighted by Gasteiger charge is -2.17. The predicted molar refractivity (Wildman–Crippen MR) is 89.1 cm³/mol. The molecule has 3 unspecified atom stereocenters. The molecule has 0 saturated heterocycles. The first kappa shape index (κ1) is 18.8. The van der Waals surface area contributed by atoms with Gasteiger partial charge in [0.1, 0.15) is 0 Å². The van der Waals surface area contributed by atoms with Gasteiger partial charge in [-0.25, -0.2) is 0 Å². The van der Waals surface area contributed by atoms with Crippen LogP contribution in [0.15, 0.2) is 33.6 Å². The predicted octanol–water partition coefficient (Wildman–Crippen LogP) is 2.56. The number of carbonyl (C=O) groups excluding carboxylic acids is 1. The van der Waals surface area contributed by atoms with Gasteiger partial charge < -0.3 is 10.4 Å².